The minimum Gasteiger partial charge on any atom is -0.384 e. The number of sulfone groups is 1. The Bertz CT molecular complexity index is 440. The van der Waals surface area contributed by atoms with Gasteiger partial charge in [0, 0.05) is 17.5 Å². The summed E-state index contributed by atoms with van der Waals surface area (Å²) in [7, 11) is -3.08. The third kappa shape index (κ3) is 4.24. The first-order valence-corrected chi connectivity index (χ1v) is 8.53. The van der Waals surface area contributed by atoms with Crippen LogP contribution in [-0.4, -0.2) is 32.2 Å². The Morgan fingerprint density at radius 1 is 1.29 bits per heavy atom. The zero-order valence-electron chi connectivity index (χ0n) is 10.4. The van der Waals surface area contributed by atoms with E-state index in [9.17, 15) is 8.42 Å². The molecule has 0 bridgehead atoms. The maximum absolute atomic E-state index is 11.6. The summed E-state index contributed by atoms with van der Waals surface area (Å²) >= 11 is 1.80. The zero-order chi connectivity index (χ0) is 12.9. The quantitative estimate of drug-likeness (QED) is 0.865. The van der Waals surface area contributed by atoms with Crippen LogP contribution >= 0.6 is 11.8 Å². The average molecular weight is 273 g/mol. The Kier molecular flexibility index (Phi) is 5.33. The molecule has 0 aromatic heterocycles. The van der Waals surface area contributed by atoms with E-state index in [1.54, 1.807) is 30.8 Å². The minimum absolute atomic E-state index is 0.142. The SMILES string of the molecule is CCS(=O)(=O)c1ccc(NCC(C)SC)cc1. The summed E-state index contributed by atoms with van der Waals surface area (Å²) in [5.41, 5.74) is 0.959. The minimum atomic E-state index is -3.08. The molecular weight excluding hydrogens is 254 g/mol. The molecule has 1 aromatic carbocycles. The van der Waals surface area contributed by atoms with Gasteiger partial charge in [0.1, 0.15) is 0 Å². The van der Waals surface area contributed by atoms with Crippen LogP contribution in [0.2, 0.25) is 0 Å². The second-order valence-electron chi connectivity index (χ2n) is 3.86. The van der Waals surface area contributed by atoms with Gasteiger partial charge in [0.25, 0.3) is 0 Å². The molecule has 0 heterocycles. The Morgan fingerprint density at radius 3 is 2.35 bits per heavy atom. The van der Waals surface area contributed by atoms with Gasteiger partial charge >= 0.3 is 0 Å². The lowest BCUT2D eigenvalue weighted by molar-refractivity contribution is 0.597. The van der Waals surface area contributed by atoms with Crippen LogP contribution in [0.1, 0.15) is 13.8 Å². The largest absolute Gasteiger partial charge is 0.384 e. The fourth-order valence-electron chi connectivity index (χ4n) is 1.29. The number of rotatable bonds is 6. The molecule has 1 atom stereocenters. The molecule has 0 saturated carbocycles. The fraction of sp³-hybridized carbons (Fsp3) is 0.500. The second kappa shape index (κ2) is 6.31. The van der Waals surface area contributed by atoms with Gasteiger partial charge < -0.3 is 5.32 Å². The fourth-order valence-corrected chi connectivity index (χ4v) is 2.43. The predicted molar refractivity (Wildman–Crippen MR) is 75.6 cm³/mol. The molecule has 1 rings (SSSR count). The zero-order valence-corrected chi connectivity index (χ0v) is 12.1. The Labute approximate surface area is 108 Å². The molecular formula is C12H19NO2S2. The van der Waals surface area contributed by atoms with Gasteiger partial charge in [-0.15, -0.1) is 0 Å². The summed E-state index contributed by atoms with van der Waals surface area (Å²) in [6.45, 7) is 4.68. The van der Waals surface area contributed by atoms with E-state index in [0.29, 0.717) is 10.1 Å². The number of anilines is 1. The Hall–Kier alpha value is -0.680. The molecule has 1 aromatic rings. The first kappa shape index (κ1) is 14.4. The van der Waals surface area contributed by atoms with Crippen molar-refractivity contribution in [2.45, 2.75) is 24.0 Å². The molecule has 0 aliphatic heterocycles. The predicted octanol–water partition coefficient (Wildman–Crippen LogP) is 2.64. The number of benzene rings is 1. The highest BCUT2D eigenvalue weighted by Gasteiger charge is 2.10. The molecule has 0 aliphatic carbocycles. The molecule has 1 N–H and O–H groups in total. The highest BCUT2D eigenvalue weighted by Crippen LogP contribution is 2.16. The Morgan fingerprint density at radius 2 is 1.88 bits per heavy atom. The van der Waals surface area contributed by atoms with Crippen LogP contribution in [0.4, 0.5) is 5.69 Å². The standard InChI is InChI=1S/C12H19NO2S2/c1-4-17(14,15)12-7-5-11(6-8-12)13-9-10(2)16-3/h5-8,10,13H,4,9H2,1-3H3. The molecule has 0 saturated heterocycles. The van der Waals surface area contributed by atoms with E-state index in [0.717, 1.165) is 12.2 Å². The van der Waals surface area contributed by atoms with Gasteiger partial charge in [0.05, 0.1) is 10.6 Å². The summed E-state index contributed by atoms with van der Waals surface area (Å²) in [6.07, 6.45) is 2.07. The first-order chi connectivity index (χ1) is 7.99. The van der Waals surface area contributed by atoms with Crippen molar-refractivity contribution in [3.63, 3.8) is 0 Å². The highest BCUT2D eigenvalue weighted by atomic mass is 32.2. The lowest BCUT2D eigenvalue weighted by atomic mass is 10.3. The number of hydrogen-bond acceptors (Lipinski definition) is 4. The summed E-state index contributed by atoms with van der Waals surface area (Å²) in [4.78, 5) is 0.392. The third-order valence-electron chi connectivity index (χ3n) is 2.59. The van der Waals surface area contributed by atoms with Crippen molar-refractivity contribution in [1.29, 1.82) is 0 Å². The van der Waals surface area contributed by atoms with Gasteiger partial charge in [-0.25, -0.2) is 8.42 Å². The van der Waals surface area contributed by atoms with Crippen molar-refractivity contribution in [3.8, 4) is 0 Å². The monoisotopic (exact) mass is 273 g/mol. The lowest BCUT2D eigenvalue weighted by Crippen LogP contribution is -2.12. The van der Waals surface area contributed by atoms with E-state index in [-0.39, 0.29) is 5.75 Å². The summed E-state index contributed by atoms with van der Waals surface area (Å²) in [5, 5.41) is 3.81. The van der Waals surface area contributed by atoms with Crippen molar-refractivity contribution in [2.24, 2.45) is 0 Å². The highest BCUT2D eigenvalue weighted by molar-refractivity contribution is 7.99. The Balaban J connectivity index is 2.69. The topological polar surface area (TPSA) is 46.2 Å². The summed E-state index contributed by atoms with van der Waals surface area (Å²) in [5.74, 6) is 0.142. The number of nitrogens with one attached hydrogen (secondary N) is 1. The van der Waals surface area contributed by atoms with Crippen molar-refractivity contribution in [1.82, 2.24) is 0 Å². The number of hydrogen-bond donors (Lipinski definition) is 1. The van der Waals surface area contributed by atoms with Gasteiger partial charge in [-0.05, 0) is 30.5 Å². The molecule has 0 spiro atoms. The van der Waals surface area contributed by atoms with Crippen molar-refractivity contribution in [2.75, 3.05) is 23.9 Å². The molecule has 5 heteroatoms. The van der Waals surface area contributed by atoms with Crippen molar-refractivity contribution >= 4 is 27.3 Å². The molecule has 0 fully saturated rings. The van der Waals surface area contributed by atoms with Crippen LogP contribution in [0.25, 0.3) is 0 Å². The normalized spacial score (nSPS) is 13.4. The average Bonchev–Trinajstić information content (AvgIpc) is 2.36. The second-order valence-corrected chi connectivity index (χ2v) is 7.41. The van der Waals surface area contributed by atoms with Crippen LogP contribution in [0.3, 0.4) is 0 Å². The molecule has 0 radical (unpaired) electrons. The van der Waals surface area contributed by atoms with Gasteiger partial charge in [0.2, 0.25) is 0 Å². The molecule has 96 valence electrons. The van der Waals surface area contributed by atoms with E-state index in [4.69, 9.17) is 0 Å². The van der Waals surface area contributed by atoms with Crippen LogP contribution in [0, 0.1) is 0 Å². The summed E-state index contributed by atoms with van der Waals surface area (Å²) < 4.78 is 23.2. The third-order valence-corrected chi connectivity index (χ3v) is 5.31. The van der Waals surface area contributed by atoms with E-state index in [2.05, 4.69) is 18.5 Å². The maximum atomic E-state index is 11.6. The van der Waals surface area contributed by atoms with E-state index < -0.39 is 9.84 Å². The van der Waals surface area contributed by atoms with Gasteiger partial charge in [-0.2, -0.15) is 11.8 Å². The molecule has 17 heavy (non-hydrogen) atoms. The van der Waals surface area contributed by atoms with Crippen LogP contribution < -0.4 is 5.32 Å². The van der Waals surface area contributed by atoms with Crippen molar-refractivity contribution in [3.05, 3.63) is 24.3 Å². The summed E-state index contributed by atoms with van der Waals surface area (Å²) in [6, 6.07) is 6.95. The molecule has 0 amide bonds. The van der Waals surface area contributed by atoms with E-state index in [1.165, 1.54) is 0 Å². The van der Waals surface area contributed by atoms with E-state index in [1.807, 2.05) is 12.1 Å². The smallest absolute Gasteiger partial charge is 0.178 e. The molecule has 3 nitrogen and oxygen atoms in total. The van der Waals surface area contributed by atoms with Crippen LogP contribution in [-0.2, 0) is 9.84 Å². The molecule has 1 unspecified atom stereocenters. The number of thioether (sulfide) groups is 1. The van der Waals surface area contributed by atoms with Crippen LogP contribution in [0.5, 0.6) is 0 Å². The van der Waals surface area contributed by atoms with Crippen molar-refractivity contribution < 1.29 is 8.42 Å². The van der Waals surface area contributed by atoms with Gasteiger partial charge in [-0.3, -0.25) is 0 Å². The van der Waals surface area contributed by atoms with Gasteiger partial charge in [-0.1, -0.05) is 13.8 Å². The lowest BCUT2D eigenvalue weighted by Gasteiger charge is -2.11. The first-order valence-electron chi connectivity index (χ1n) is 5.59. The van der Waals surface area contributed by atoms with E-state index >= 15 is 0 Å². The molecule has 0 aliphatic rings. The maximum Gasteiger partial charge on any atom is 0.178 e. The van der Waals surface area contributed by atoms with Crippen LogP contribution in [0.15, 0.2) is 29.2 Å². The van der Waals surface area contributed by atoms with Gasteiger partial charge in [0.15, 0.2) is 9.84 Å².